The van der Waals surface area contributed by atoms with E-state index in [2.05, 4.69) is 11.1 Å². The summed E-state index contributed by atoms with van der Waals surface area (Å²) in [6.07, 6.45) is 1.67. The van der Waals surface area contributed by atoms with Gasteiger partial charge in [0, 0.05) is 37.9 Å². The van der Waals surface area contributed by atoms with Crippen LogP contribution in [0.1, 0.15) is 0 Å². The molecule has 16 heavy (non-hydrogen) atoms. The van der Waals surface area contributed by atoms with Gasteiger partial charge in [0.15, 0.2) is 0 Å². The van der Waals surface area contributed by atoms with Gasteiger partial charge in [0.1, 0.15) is 0 Å². The third-order valence-corrected chi connectivity index (χ3v) is 2.01. The zero-order valence-electron chi connectivity index (χ0n) is 8.53. The molecule has 0 saturated carbocycles. The van der Waals surface area contributed by atoms with E-state index in [0.717, 1.165) is 0 Å². The van der Waals surface area contributed by atoms with E-state index >= 15 is 0 Å². The summed E-state index contributed by atoms with van der Waals surface area (Å²) in [4.78, 5) is 4.15. The fraction of sp³-hybridized carbons (Fsp3) is 0.0833. The summed E-state index contributed by atoms with van der Waals surface area (Å²) in [5.74, 6) is 0.0697. The number of rotatable bonds is 2. The van der Waals surface area contributed by atoms with Crippen LogP contribution in [0.15, 0.2) is 36.5 Å². The quantitative estimate of drug-likeness (QED) is 0.731. The van der Waals surface area contributed by atoms with Crippen molar-refractivity contribution >= 4 is 0 Å². The van der Waals surface area contributed by atoms with Crippen molar-refractivity contribution in [1.29, 1.82) is 0 Å². The predicted molar refractivity (Wildman–Crippen MR) is 55.0 cm³/mol. The maximum absolute atomic E-state index is 12.9. The van der Waals surface area contributed by atoms with Crippen LogP contribution in [0, 0.1) is 11.9 Å². The normalized spacial score (nSPS) is 9.38. The fourth-order valence-corrected chi connectivity index (χ4v) is 1.32. The minimum atomic E-state index is -0.369. The van der Waals surface area contributed by atoms with Gasteiger partial charge in [0.25, 0.3) is 0 Å². The van der Waals surface area contributed by atoms with Gasteiger partial charge in [-0.3, -0.25) is 4.39 Å². The molecule has 0 fully saturated rings. The smallest absolute Gasteiger partial charge is 0.0647 e. The van der Waals surface area contributed by atoms with Crippen LogP contribution in [0.5, 0.6) is 5.75 Å². The van der Waals surface area contributed by atoms with Gasteiger partial charge < -0.3 is 9.72 Å². The zero-order valence-corrected chi connectivity index (χ0v) is 10.9. The second-order valence-corrected chi connectivity index (χ2v) is 2.98. The Balaban J connectivity index is 0.00000128. The molecule has 1 radical (unpaired) electrons. The van der Waals surface area contributed by atoms with E-state index in [-0.39, 0.29) is 25.9 Å². The van der Waals surface area contributed by atoms with Gasteiger partial charge >= 0.3 is 0 Å². The zero-order chi connectivity index (χ0) is 10.7. The number of aromatic nitrogens is 1. The standard InChI is InChI=1S/C12H9FNO.Ir/c1-15-12-8-9(13)5-6-10(12)11-4-2-3-7-14-11;/h2-5,7-8H,1H3;/q-1;. The summed E-state index contributed by atoms with van der Waals surface area (Å²) < 4.78 is 18.0. The van der Waals surface area contributed by atoms with E-state index in [4.69, 9.17) is 4.74 Å². The topological polar surface area (TPSA) is 22.1 Å². The molecular formula is C12H9FIrNO-. The van der Waals surface area contributed by atoms with E-state index in [1.807, 2.05) is 18.2 Å². The molecule has 0 N–H and O–H groups in total. The van der Waals surface area contributed by atoms with Gasteiger partial charge in [0.05, 0.1) is 7.11 Å². The molecule has 0 atom stereocenters. The SMILES string of the molecule is COc1cc(F)c[c-]c1-c1ccccn1.[Ir]. The van der Waals surface area contributed by atoms with Crippen molar-refractivity contribution in [2.45, 2.75) is 0 Å². The van der Waals surface area contributed by atoms with Gasteiger partial charge in [-0.2, -0.15) is 0 Å². The van der Waals surface area contributed by atoms with Crippen molar-refractivity contribution in [3.8, 4) is 17.0 Å². The summed E-state index contributed by atoms with van der Waals surface area (Å²) in [6.45, 7) is 0. The molecule has 0 aliphatic carbocycles. The molecule has 0 unspecified atom stereocenters. The monoisotopic (exact) mass is 395 g/mol. The molecule has 0 spiro atoms. The minimum absolute atomic E-state index is 0. The molecule has 4 heteroatoms. The van der Waals surface area contributed by atoms with Crippen LogP contribution >= 0.6 is 0 Å². The molecule has 0 aliphatic heterocycles. The number of hydrogen-bond donors (Lipinski definition) is 0. The number of methoxy groups -OCH3 is 1. The van der Waals surface area contributed by atoms with Gasteiger partial charge in [0.2, 0.25) is 0 Å². The summed E-state index contributed by atoms with van der Waals surface area (Å²) in [7, 11) is 1.50. The van der Waals surface area contributed by atoms with Gasteiger partial charge in [-0.05, 0) is 11.8 Å². The average molecular weight is 394 g/mol. The fourth-order valence-electron chi connectivity index (χ4n) is 1.32. The predicted octanol–water partition coefficient (Wildman–Crippen LogP) is 2.69. The maximum atomic E-state index is 12.9. The Morgan fingerprint density at radius 1 is 1.38 bits per heavy atom. The summed E-state index contributed by atoms with van der Waals surface area (Å²) >= 11 is 0. The molecule has 0 amide bonds. The molecule has 1 aromatic carbocycles. The Hall–Kier alpha value is -1.25. The molecule has 2 rings (SSSR count). The summed E-state index contributed by atoms with van der Waals surface area (Å²) in [5.41, 5.74) is 1.38. The third kappa shape index (κ3) is 2.65. The van der Waals surface area contributed by atoms with Gasteiger partial charge in [-0.15, -0.1) is 12.1 Å². The van der Waals surface area contributed by atoms with Crippen molar-refractivity contribution in [1.82, 2.24) is 4.98 Å². The van der Waals surface area contributed by atoms with Crippen LogP contribution in [-0.4, -0.2) is 12.1 Å². The number of pyridine rings is 1. The molecule has 1 heterocycles. The molecule has 85 valence electrons. The first-order chi connectivity index (χ1) is 7.31. The Morgan fingerprint density at radius 3 is 2.81 bits per heavy atom. The first-order valence-corrected chi connectivity index (χ1v) is 4.48. The number of benzene rings is 1. The molecule has 0 bridgehead atoms. The third-order valence-electron chi connectivity index (χ3n) is 2.01. The second kappa shape index (κ2) is 5.73. The summed E-state index contributed by atoms with van der Waals surface area (Å²) in [6, 6.07) is 10.9. The van der Waals surface area contributed by atoms with Crippen LogP contribution in [0.2, 0.25) is 0 Å². The molecule has 0 aliphatic rings. The summed E-state index contributed by atoms with van der Waals surface area (Å²) in [5, 5.41) is 0. The number of nitrogens with zero attached hydrogens (tertiary/aromatic N) is 1. The molecule has 2 aromatic rings. The van der Waals surface area contributed by atoms with Crippen LogP contribution in [0.4, 0.5) is 4.39 Å². The van der Waals surface area contributed by atoms with Crippen molar-refractivity contribution < 1.29 is 29.2 Å². The number of ether oxygens (including phenoxy) is 1. The van der Waals surface area contributed by atoms with Crippen molar-refractivity contribution in [3.05, 3.63) is 48.4 Å². The Labute approximate surface area is 107 Å². The second-order valence-electron chi connectivity index (χ2n) is 2.98. The van der Waals surface area contributed by atoms with E-state index in [1.165, 1.54) is 19.2 Å². The van der Waals surface area contributed by atoms with E-state index in [1.54, 1.807) is 6.20 Å². The average Bonchev–Trinajstić information content (AvgIpc) is 2.30. The van der Waals surface area contributed by atoms with E-state index < -0.39 is 0 Å². The van der Waals surface area contributed by atoms with Crippen molar-refractivity contribution in [3.63, 3.8) is 0 Å². The van der Waals surface area contributed by atoms with Crippen LogP contribution in [0.25, 0.3) is 11.3 Å². The first kappa shape index (κ1) is 12.8. The molecular weight excluding hydrogens is 385 g/mol. The molecule has 0 saturated heterocycles. The number of hydrogen-bond acceptors (Lipinski definition) is 2. The van der Waals surface area contributed by atoms with Gasteiger partial charge in [-0.1, -0.05) is 23.8 Å². The van der Waals surface area contributed by atoms with Crippen molar-refractivity contribution in [2.75, 3.05) is 7.11 Å². The maximum Gasteiger partial charge on any atom is 0.0647 e. The van der Waals surface area contributed by atoms with Gasteiger partial charge in [-0.25, -0.2) is 0 Å². The van der Waals surface area contributed by atoms with Crippen LogP contribution in [-0.2, 0) is 20.1 Å². The Morgan fingerprint density at radius 2 is 2.19 bits per heavy atom. The van der Waals surface area contributed by atoms with E-state index in [9.17, 15) is 4.39 Å². The van der Waals surface area contributed by atoms with Crippen LogP contribution in [0.3, 0.4) is 0 Å². The molecule has 1 aromatic heterocycles. The first-order valence-electron chi connectivity index (χ1n) is 4.48. The molecule has 2 nitrogen and oxygen atoms in total. The Kier molecular flexibility index (Phi) is 4.59. The largest absolute Gasteiger partial charge is 0.540 e. The van der Waals surface area contributed by atoms with E-state index in [0.29, 0.717) is 17.0 Å². The van der Waals surface area contributed by atoms with Crippen molar-refractivity contribution in [2.24, 2.45) is 0 Å². The number of halogens is 1. The van der Waals surface area contributed by atoms with Crippen LogP contribution < -0.4 is 4.74 Å². The minimum Gasteiger partial charge on any atom is -0.540 e. The Bertz CT molecular complexity index is 462.